The Kier molecular flexibility index (Phi) is 16.3. The molecule has 1 saturated carbocycles. The normalized spacial score (nSPS) is 17.4. The summed E-state index contributed by atoms with van der Waals surface area (Å²) in [5.74, 6) is 1.98. The summed E-state index contributed by atoms with van der Waals surface area (Å²) in [5, 5.41) is 2.13. The standard InChI is InChI=1S/C68H80O9/c1-11-14-35-64(5,6)75-45-46(4)65(7,8)76-60(70)33-32-59(69)74-42-41-73-51-30-26-49(27-31-51)68(48-24-28-50(71-9)29-25-48)36-34-53-62-61(52-22-18-19-23-57(52)67(62)39-37-66(12-2,13-3)38-40-67)55-43-54(47-20-16-15-17-21-47)58(72-10)44-56(55)63(53)77-68/h15-31,34,36,43-44,46H,11-14,32-33,35,37-42,45H2,1-10H3. The number of hydrogen-bond acceptors (Lipinski definition) is 9. The SMILES string of the molecule is CCCCC(C)(C)OCC(C)C(C)(C)OC(=O)CCC(=O)OCCOc1ccc(C2(c3ccc(OC)cc3)C=Cc3c4c(c5cc(-c6ccccc6)c(OC)cc5c3O2)-c2ccccc2C42CCC(CC)(CC)CC2)cc1. The van der Waals surface area contributed by atoms with Gasteiger partial charge in [0.05, 0.1) is 39.3 Å². The van der Waals surface area contributed by atoms with Crippen LogP contribution in [0.2, 0.25) is 0 Å². The lowest BCUT2D eigenvalue weighted by Crippen LogP contribution is -2.39. The molecular formula is C68H80O9. The Balaban J connectivity index is 0.984. The first-order valence-electron chi connectivity index (χ1n) is 28.2. The summed E-state index contributed by atoms with van der Waals surface area (Å²) >= 11 is 0. The number of rotatable bonds is 22. The summed E-state index contributed by atoms with van der Waals surface area (Å²) in [7, 11) is 3.43. The van der Waals surface area contributed by atoms with Gasteiger partial charge in [0, 0.05) is 39.0 Å². The fourth-order valence-electron chi connectivity index (χ4n) is 12.3. The Morgan fingerprint density at radius 1 is 0.701 bits per heavy atom. The van der Waals surface area contributed by atoms with Crippen LogP contribution in [0.3, 0.4) is 0 Å². The molecule has 2 atom stereocenters. The van der Waals surface area contributed by atoms with Crippen molar-refractivity contribution in [2.24, 2.45) is 11.3 Å². The Bertz CT molecular complexity index is 3060. The zero-order chi connectivity index (χ0) is 54.6. The first-order valence-corrected chi connectivity index (χ1v) is 28.2. The quantitative estimate of drug-likeness (QED) is 0.0486. The number of methoxy groups -OCH3 is 2. The van der Waals surface area contributed by atoms with Crippen LogP contribution in [0.4, 0.5) is 0 Å². The van der Waals surface area contributed by atoms with Gasteiger partial charge in [-0.1, -0.05) is 138 Å². The van der Waals surface area contributed by atoms with Gasteiger partial charge in [0.15, 0.2) is 5.60 Å². The van der Waals surface area contributed by atoms with E-state index in [1.165, 1.54) is 47.9 Å². The number of unbranched alkanes of at least 4 members (excludes halogenated alkanes) is 1. The lowest BCUT2D eigenvalue weighted by Gasteiger charge is -2.47. The average molecular weight is 1040 g/mol. The maximum Gasteiger partial charge on any atom is 0.306 e. The van der Waals surface area contributed by atoms with E-state index in [1.54, 1.807) is 14.2 Å². The van der Waals surface area contributed by atoms with Gasteiger partial charge in [-0.25, -0.2) is 0 Å². The fraction of sp³-hybridized carbons (Fsp3) is 0.441. The summed E-state index contributed by atoms with van der Waals surface area (Å²) < 4.78 is 43.5. The smallest absolute Gasteiger partial charge is 0.306 e. The van der Waals surface area contributed by atoms with Gasteiger partial charge in [-0.2, -0.15) is 0 Å². The lowest BCUT2D eigenvalue weighted by atomic mass is 9.58. The summed E-state index contributed by atoms with van der Waals surface area (Å²) in [4.78, 5) is 25.7. The molecule has 0 amide bonds. The van der Waals surface area contributed by atoms with Crippen LogP contribution < -0.4 is 18.9 Å². The molecule has 6 aromatic carbocycles. The molecule has 1 aliphatic heterocycles. The van der Waals surface area contributed by atoms with Crippen molar-refractivity contribution in [1.82, 2.24) is 0 Å². The molecule has 0 N–H and O–H groups in total. The molecule has 2 aliphatic carbocycles. The minimum atomic E-state index is -1.06. The van der Waals surface area contributed by atoms with Gasteiger partial charge in [0.2, 0.25) is 0 Å². The molecule has 1 fully saturated rings. The minimum Gasteiger partial charge on any atom is -0.497 e. The molecular weight excluding hydrogens is 961 g/mol. The number of carbonyl (C=O) groups excluding carboxylic acids is 2. The van der Waals surface area contributed by atoms with Crippen molar-refractivity contribution in [2.75, 3.05) is 34.0 Å². The largest absolute Gasteiger partial charge is 0.497 e. The summed E-state index contributed by atoms with van der Waals surface area (Å²) in [6.07, 6.45) is 14.4. The van der Waals surface area contributed by atoms with Crippen LogP contribution in [0.15, 0.2) is 121 Å². The molecule has 6 aromatic rings. The molecule has 9 rings (SSSR count). The highest BCUT2D eigenvalue weighted by molar-refractivity contribution is 6.10. The predicted octanol–water partition coefficient (Wildman–Crippen LogP) is 16.2. The van der Waals surface area contributed by atoms with Gasteiger partial charge >= 0.3 is 11.9 Å². The van der Waals surface area contributed by atoms with E-state index in [2.05, 4.69) is 126 Å². The molecule has 406 valence electrons. The fourth-order valence-corrected chi connectivity index (χ4v) is 12.3. The highest BCUT2D eigenvalue weighted by atomic mass is 16.6. The molecule has 0 aromatic heterocycles. The third kappa shape index (κ3) is 11.0. The maximum atomic E-state index is 12.9. The molecule has 3 aliphatic rings. The second-order valence-corrected chi connectivity index (χ2v) is 22.9. The molecule has 9 heteroatoms. The monoisotopic (exact) mass is 1040 g/mol. The van der Waals surface area contributed by atoms with Crippen LogP contribution in [-0.2, 0) is 34.8 Å². The van der Waals surface area contributed by atoms with Crippen LogP contribution in [-0.4, -0.2) is 57.2 Å². The number of fused-ring (bicyclic) bond motifs is 10. The van der Waals surface area contributed by atoms with E-state index >= 15 is 0 Å². The van der Waals surface area contributed by atoms with Gasteiger partial charge in [-0.15, -0.1) is 0 Å². The highest BCUT2D eigenvalue weighted by Gasteiger charge is 2.52. The Morgan fingerprint density at radius 3 is 2.00 bits per heavy atom. The van der Waals surface area contributed by atoms with Gasteiger partial charge in [-0.05, 0) is 141 Å². The number of hydrogen-bond donors (Lipinski definition) is 0. The Hall–Kier alpha value is -6.58. The molecule has 1 spiro atoms. The van der Waals surface area contributed by atoms with Crippen molar-refractivity contribution < 1.29 is 42.7 Å². The average Bonchev–Trinajstić information content (AvgIpc) is 3.77. The van der Waals surface area contributed by atoms with Crippen molar-refractivity contribution >= 4 is 28.8 Å². The second-order valence-electron chi connectivity index (χ2n) is 22.9. The van der Waals surface area contributed by atoms with Crippen LogP contribution >= 0.6 is 0 Å². The van der Waals surface area contributed by atoms with E-state index in [0.717, 1.165) is 87.9 Å². The van der Waals surface area contributed by atoms with Gasteiger partial charge in [0.25, 0.3) is 0 Å². The van der Waals surface area contributed by atoms with Crippen molar-refractivity contribution in [3.8, 4) is 45.3 Å². The van der Waals surface area contributed by atoms with Gasteiger partial charge in [-0.3, -0.25) is 9.59 Å². The van der Waals surface area contributed by atoms with E-state index in [4.69, 9.17) is 33.2 Å². The van der Waals surface area contributed by atoms with Gasteiger partial charge < -0.3 is 33.2 Å². The van der Waals surface area contributed by atoms with Crippen LogP contribution in [0.25, 0.3) is 39.1 Å². The predicted molar refractivity (Wildman–Crippen MR) is 308 cm³/mol. The first-order chi connectivity index (χ1) is 37.0. The summed E-state index contributed by atoms with van der Waals surface area (Å²) in [5.41, 5.74) is 8.55. The highest BCUT2D eigenvalue weighted by Crippen LogP contribution is 2.65. The Labute approximate surface area is 457 Å². The van der Waals surface area contributed by atoms with E-state index in [1.807, 2.05) is 57.2 Å². The zero-order valence-electron chi connectivity index (χ0n) is 47.3. The minimum absolute atomic E-state index is 0.0256. The first kappa shape index (κ1) is 55.2. The third-order valence-electron chi connectivity index (χ3n) is 17.7. The van der Waals surface area contributed by atoms with Crippen LogP contribution in [0.5, 0.6) is 23.0 Å². The molecule has 1 heterocycles. The van der Waals surface area contributed by atoms with Gasteiger partial charge in [0.1, 0.15) is 41.8 Å². The van der Waals surface area contributed by atoms with Crippen LogP contribution in [0, 0.1) is 11.3 Å². The van der Waals surface area contributed by atoms with E-state index < -0.39 is 23.1 Å². The number of ether oxygens (including phenoxy) is 7. The summed E-state index contributed by atoms with van der Waals surface area (Å²) in [6, 6.07) is 40.3. The van der Waals surface area contributed by atoms with Crippen molar-refractivity contribution in [3.05, 3.63) is 149 Å². The molecule has 2 unspecified atom stereocenters. The van der Waals surface area contributed by atoms with E-state index in [9.17, 15) is 9.59 Å². The van der Waals surface area contributed by atoms with E-state index in [-0.39, 0.29) is 43.0 Å². The van der Waals surface area contributed by atoms with Crippen molar-refractivity contribution in [1.29, 1.82) is 0 Å². The Morgan fingerprint density at radius 2 is 1.35 bits per heavy atom. The number of benzene rings is 6. The molecule has 9 nitrogen and oxygen atoms in total. The molecule has 0 saturated heterocycles. The van der Waals surface area contributed by atoms with E-state index in [0.29, 0.717) is 17.8 Å². The molecule has 77 heavy (non-hydrogen) atoms. The topological polar surface area (TPSA) is 98.8 Å². The molecule has 0 bridgehead atoms. The number of esters is 2. The zero-order valence-corrected chi connectivity index (χ0v) is 47.3. The van der Waals surface area contributed by atoms with Crippen LogP contribution in [0.1, 0.15) is 154 Å². The molecule has 0 radical (unpaired) electrons. The summed E-state index contributed by atoms with van der Waals surface area (Å²) in [6.45, 7) is 17.5. The lowest BCUT2D eigenvalue weighted by molar-refractivity contribution is -0.167. The van der Waals surface area contributed by atoms with Crippen molar-refractivity contribution in [2.45, 2.75) is 148 Å². The number of carbonyl (C=O) groups is 2. The second kappa shape index (κ2) is 22.8. The third-order valence-corrected chi connectivity index (χ3v) is 17.7. The van der Waals surface area contributed by atoms with Crippen molar-refractivity contribution in [3.63, 3.8) is 0 Å². The maximum absolute atomic E-state index is 12.9.